The van der Waals surface area contributed by atoms with Gasteiger partial charge in [-0.15, -0.1) is 0 Å². The summed E-state index contributed by atoms with van der Waals surface area (Å²) in [7, 11) is 3.41. The molecule has 5 nitrogen and oxygen atoms in total. The second-order valence-corrected chi connectivity index (χ2v) is 5.94. The van der Waals surface area contributed by atoms with E-state index in [9.17, 15) is 18.0 Å². The van der Waals surface area contributed by atoms with Gasteiger partial charge in [0.25, 0.3) is 0 Å². The van der Waals surface area contributed by atoms with E-state index >= 15 is 0 Å². The summed E-state index contributed by atoms with van der Waals surface area (Å²) in [5.41, 5.74) is -0.0400. The lowest BCUT2D eigenvalue weighted by molar-refractivity contribution is -0.155. The number of nitrogens with one attached hydrogen (secondary N) is 2. The fourth-order valence-corrected chi connectivity index (χ4v) is 2.66. The summed E-state index contributed by atoms with van der Waals surface area (Å²) in [5.74, 6) is 0.454. The van der Waals surface area contributed by atoms with Crippen molar-refractivity contribution in [3.8, 4) is 5.75 Å². The molecule has 1 aliphatic rings. The first kappa shape index (κ1) is 18.4. The van der Waals surface area contributed by atoms with E-state index in [-0.39, 0.29) is 11.6 Å². The van der Waals surface area contributed by atoms with E-state index in [4.69, 9.17) is 4.74 Å². The van der Waals surface area contributed by atoms with E-state index in [2.05, 4.69) is 10.2 Å². The van der Waals surface area contributed by atoms with E-state index in [1.165, 1.54) is 31.4 Å². The van der Waals surface area contributed by atoms with Gasteiger partial charge in [-0.1, -0.05) is 12.1 Å². The molecule has 2 N–H and O–H groups in total. The number of methoxy groups -OCH3 is 1. The summed E-state index contributed by atoms with van der Waals surface area (Å²) < 4.78 is 44.8. The molecule has 1 saturated heterocycles. The van der Waals surface area contributed by atoms with Gasteiger partial charge in [-0.3, -0.25) is 0 Å². The van der Waals surface area contributed by atoms with E-state index in [0.717, 1.165) is 25.9 Å². The predicted octanol–water partition coefficient (Wildman–Crippen LogP) is 2.69. The molecule has 0 spiro atoms. The molecule has 1 aromatic rings. The highest BCUT2D eigenvalue weighted by Crippen LogP contribution is 2.33. The van der Waals surface area contributed by atoms with Crippen LogP contribution in [0, 0.1) is 0 Å². The van der Waals surface area contributed by atoms with Gasteiger partial charge in [-0.25, -0.2) is 4.79 Å². The zero-order valence-corrected chi connectivity index (χ0v) is 13.7. The van der Waals surface area contributed by atoms with Crippen LogP contribution in [0.1, 0.15) is 24.4 Å². The molecule has 24 heavy (non-hydrogen) atoms. The Bertz CT molecular complexity index is 540. The number of piperidine rings is 1. The fraction of sp³-hybridized carbons (Fsp3) is 0.562. The van der Waals surface area contributed by atoms with Crippen molar-refractivity contribution in [3.63, 3.8) is 0 Å². The molecule has 1 heterocycles. The predicted molar refractivity (Wildman–Crippen MR) is 84.0 cm³/mol. The lowest BCUT2D eigenvalue weighted by Gasteiger charge is -2.30. The summed E-state index contributed by atoms with van der Waals surface area (Å²) in [6, 6.07) is 2.50. The van der Waals surface area contributed by atoms with Crippen LogP contribution in [0.5, 0.6) is 5.75 Å². The number of rotatable bonds is 4. The second kappa shape index (κ2) is 7.74. The van der Waals surface area contributed by atoms with Crippen LogP contribution in [0.3, 0.4) is 0 Å². The van der Waals surface area contributed by atoms with Crippen molar-refractivity contribution >= 4 is 6.03 Å². The Hall–Kier alpha value is -1.96. The van der Waals surface area contributed by atoms with Crippen LogP contribution in [0.25, 0.3) is 0 Å². The number of carbonyl (C=O) groups is 1. The molecule has 0 aromatic heterocycles. The van der Waals surface area contributed by atoms with Crippen molar-refractivity contribution in [2.24, 2.45) is 0 Å². The number of hydrogen-bond donors (Lipinski definition) is 2. The van der Waals surface area contributed by atoms with Gasteiger partial charge in [0.15, 0.2) is 6.04 Å². The van der Waals surface area contributed by atoms with Gasteiger partial charge in [0.05, 0.1) is 7.11 Å². The molecule has 0 aliphatic carbocycles. The molecule has 134 valence electrons. The van der Waals surface area contributed by atoms with E-state index in [1.54, 1.807) is 0 Å². The maximum absolute atomic E-state index is 13.3. The average Bonchev–Trinajstić information content (AvgIpc) is 2.54. The van der Waals surface area contributed by atoms with Gasteiger partial charge in [0, 0.05) is 6.04 Å². The smallest absolute Gasteiger partial charge is 0.412 e. The summed E-state index contributed by atoms with van der Waals surface area (Å²) in [5, 5.41) is 4.67. The van der Waals surface area contributed by atoms with Gasteiger partial charge in [-0.2, -0.15) is 13.2 Å². The second-order valence-electron chi connectivity index (χ2n) is 5.94. The number of likely N-dealkylation sites (tertiary alicyclic amines) is 1. The van der Waals surface area contributed by atoms with Crippen molar-refractivity contribution in [2.45, 2.75) is 31.1 Å². The first-order valence-corrected chi connectivity index (χ1v) is 7.76. The molecule has 1 unspecified atom stereocenters. The zero-order valence-electron chi connectivity index (χ0n) is 13.7. The minimum Gasteiger partial charge on any atom is -0.497 e. The number of amides is 2. The Morgan fingerprint density at radius 3 is 2.33 bits per heavy atom. The van der Waals surface area contributed by atoms with Crippen LogP contribution in [0.15, 0.2) is 24.3 Å². The highest BCUT2D eigenvalue weighted by atomic mass is 19.4. The Balaban J connectivity index is 2.01. The van der Waals surface area contributed by atoms with Crippen LogP contribution >= 0.6 is 0 Å². The Morgan fingerprint density at radius 2 is 1.83 bits per heavy atom. The van der Waals surface area contributed by atoms with Crippen LogP contribution in [0.4, 0.5) is 18.0 Å². The highest BCUT2D eigenvalue weighted by molar-refractivity contribution is 5.75. The summed E-state index contributed by atoms with van der Waals surface area (Å²) in [4.78, 5) is 14.1. The quantitative estimate of drug-likeness (QED) is 0.882. The van der Waals surface area contributed by atoms with Gasteiger partial charge in [0.2, 0.25) is 0 Å². The largest absolute Gasteiger partial charge is 0.497 e. The zero-order chi connectivity index (χ0) is 17.7. The highest BCUT2D eigenvalue weighted by Gasteiger charge is 2.42. The van der Waals surface area contributed by atoms with Gasteiger partial charge in [0.1, 0.15) is 5.75 Å². The number of urea groups is 1. The Morgan fingerprint density at radius 1 is 1.25 bits per heavy atom. The topological polar surface area (TPSA) is 53.6 Å². The third-order valence-corrected chi connectivity index (χ3v) is 4.11. The Kier molecular flexibility index (Phi) is 5.93. The minimum absolute atomic E-state index is 0.0400. The molecular weight excluding hydrogens is 323 g/mol. The Labute approximate surface area is 139 Å². The number of alkyl halides is 3. The molecule has 0 bridgehead atoms. The van der Waals surface area contributed by atoms with Crippen molar-refractivity contribution in [2.75, 3.05) is 27.2 Å². The lowest BCUT2D eigenvalue weighted by Crippen LogP contribution is -2.49. The number of benzene rings is 1. The number of halogens is 3. The third kappa shape index (κ3) is 5.02. The van der Waals surface area contributed by atoms with Crippen molar-refractivity contribution in [1.82, 2.24) is 15.5 Å². The van der Waals surface area contributed by atoms with E-state index in [0.29, 0.717) is 5.75 Å². The van der Waals surface area contributed by atoms with Crippen LogP contribution in [-0.4, -0.2) is 50.4 Å². The monoisotopic (exact) mass is 345 g/mol. The summed E-state index contributed by atoms with van der Waals surface area (Å²) in [6.45, 7) is 1.62. The minimum atomic E-state index is -4.58. The van der Waals surface area contributed by atoms with E-state index in [1.807, 2.05) is 12.4 Å². The third-order valence-electron chi connectivity index (χ3n) is 4.11. The van der Waals surface area contributed by atoms with Crippen molar-refractivity contribution in [1.29, 1.82) is 0 Å². The standard InChI is InChI=1S/C16H22F3N3O2/c1-22-9-7-12(8-10-22)20-15(23)21-14(16(17,18)19)11-3-5-13(24-2)6-4-11/h3-6,12,14H,7-10H2,1-2H3,(H2,20,21,23). The number of hydrogen-bond acceptors (Lipinski definition) is 3. The normalized spacial score (nSPS) is 18.0. The number of ether oxygens (including phenoxy) is 1. The molecule has 8 heteroatoms. The van der Waals surface area contributed by atoms with Crippen LogP contribution in [-0.2, 0) is 0 Å². The van der Waals surface area contributed by atoms with E-state index < -0.39 is 18.2 Å². The first-order valence-electron chi connectivity index (χ1n) is 7.76. The SMILES string of the molecule is COc1ccc(C(NC(=O)NC2CCN(C)CC2)C(F)(F)F)cc1. The van der Waals surface area contributed by atoms with Crippen LogP contribution in [0.2, 0.25) is 0 Å². The van der Waals surface area contributed by atoms with Gasteiger partial charge >= 0.3 is 12.2 Å². The van der Waals surface area contributed by atoms with Crippen molar-refractivity contribution < 1.29 is 22.7 Å². The molecule has 2 amide bonds. The molecule has 2 rings (SSSR count). The van der Waals surface area contributed by atoms with Crippen LogP contribution < -0.4 is 15.4 Å². The fourth-order valence-electron chi connectivity index (χ4n) is 2.66. The number of carbonyl (C=O) groups excluding carboxylic acids is 1. The number of nitrogens with zero attached hydrogens (tertiary/aromatic N) is 1. The summed E-state index contributed by atoms with van der Waals surface area (Å²) >= 11 is 0. The average molecular weight is 345 g/mol. The molecular formula is C16H22F3N3O2. The molecule has 1 fully saturated rings. The maximum atomic E-state index is 13.3. The summed E-state index contributed by atoms with van der Waals surface area (Å²) in [6.07, 6.45) is -3.13. The maximum Gasteiger partial charge on any atom is 0.412 e. The first-order chi connectivity index (χ1) is 11.3. The lowest BCUT2D eigenvalue weighted by atomic mass is 10.1. The van der Waals surface area contributed by atoms with Gasteiger partial charge < -0.3 is 20.3 Å². The molecule has 0 saturated carbocycles. The van der Waals surface area contributed by atoms with Gasteiger partial charge in [-0.05, 0) is 50.7 Å². The van der Waals surface area contributed by atoms with Crippen molar-refractivity contribution in [3.05, 3.63) is 29.8 Å². The molecule has 1 aliphatic heterocycles. The molecule has 0 radical (unpaired) electrons. The molecule has 1 atom stereocenters. The molecule has 1 aromatic carbocycles.